The molecule has 2 aromatic rings. The second kappa shape index (κ2) is 7.87. The largest absolute Gasteiger partial charge is 0.497 e. The Hall–Kier alpha value is -2.40. The van der Waals surface area contributed by atoms with Crippen LogP contribution in [0.1, 0.15) is 36.5 Å². The van der Waals surface area contributed by atoms with Crippen LogP contribution in [0, 0.1) is 0 Å². The minimum absolute atomic E-state index is 0.225. The van der Waals surface area contributed by atoms with E-state index >= 15 is 0 Å². The van der Waals surface area contributed by atoms with Crippen molar-refractivity contribution in [2.75, 3.05) is 29.6 Å². The molecule has 6 heteroatoms. The van der Waals surface area contributed by atoms with Gasteiger partial charge < -0.3 is 20.7 Å². The van der Waals surface area contributed by atoms with Crippen molar-refractivity contribution in [3.63, 3.8) is 0 Å². The van der Waals surface area contributed by atoms with Gasteiger partial charge in [0, 0.05) is 18.2 Å². The highest BCUT2D eigenvalue weighted by molar-refractivity contribution is 6.34. The molecule has 1 saturated heterocycles. The van der Waals surface area contributed by atoms with Crippen LogP contribution in [-0.2, 0) is 0 Å². The van der Waals surface area contributed by atoms with E-state index in [-0.39, 0.29) is 5.91 Å². The molecule has 0 aromatic heterocycles. The fourth-order valence-corrected chi connectivity index (χ4v) is 3.53. The number of methoxy groups -OCH3 is 1. The number of anilines is 3. The Labute approximate surface area is 159 Å². The number of nitrogens with one attached hydrogen (secondary N) is 1. The van der Waals surface area contributed by atoms with Crippen molar-refractivity contribution in [3.05, 3.63) is 47.0 Å². The third-order valence-corrected chi connectivity index (χ3v) is 5.14. The van der Waals surface area contributed by atoms with Crippen LogP contribution in [-0.4, -0.2) is 25.6 Å². The van der Waals surface area contributed by atoms with Crippen LogP contribution in [0.3, 0.4) is 0 Å². The van der Waals surface area contributed by atoms with E-state index in [2.05, 4.69) is 17.1 Å². The number of rotatable bonds is 4. The van der Waals surface area contributed by atoms with Crippen molar-refractivity contribution < 1.29 is 9.53 Å². The predicted molar refractivity (Wildman–Crippen MR) is 107 cm³/mol. The smallest absolute Gasteiger partial charge is 0.255 e. The van der Waals surface area contributed by atoms with Crippen molar-refractivity contribution in [1.29, 1.82) is 0 Å². The van der Waals surface area contributed by atoms with Crippen LogP contribution in [0.25, 0.3) is 0 Å². The number of ether oxygens (including phenoxy) is 1. The van der Waals surface area contributed by atoms with Gasteiger partial charge in [-0.2, -0.15) is 0 Å². The maximum atomic E-state index is 12.5. The SMILES string of the molecule is COc1ccc(C(=O)Nc2cc(N3CCCC[C@H]3C)c(N)cc2Cl)cc1. The number of carbonyl (C=O) groups is 1. The van der Waals surface area contributed by atoms with Gasteiger partial charge in [0.2, 0.25) is 0 Å². The van der Waals surface area contributed by atoms with Crippen molar-refractivity contribution in [1.82, 2.24) is 0 Å². The number of benzene rings is 2. The monoisotopic (exact) mass is 373 g/mol. The summed E-state index contributed by atoms with van der Waals surface area (Å²) in [6, 6.07) is 10.9. The van der Waals surface area contributed by atoms with E-state index in [1.807, 2.05) is 6.07 Å². The Morgan fingerprint density at radius 3 is 2.65 bits per heavy atom. The minimum Gasteiger partial charge on any atom is -0.497 e. The Kier molecular flexibility index (Phi) is 5.57. The van der Waals surface area contributed by atoms with Crippen molar-refractivity contribution in [2.24, 2.45) is 0 Å². The molecule has 0 spiro atoms. The number of hydrogen-bond acceptors (Lipinski definition) is 4. The average Bonchev–Trinajstić information content (AvgIpc) is 2.64. The summed E-state index contributed by atoms with van der Waals surface area (Å²) in [5, 5.41) is 3.32. The van der Waals surface area contributed by atoms with E-state index in [1.54, 1.807) is 37.4 Å². The number of nitrogens with two attached hydrogens (primary N) is 1. The highest BCUT2D eigenvalue weighted by Gasteiger charge is 2.22. The molecule has 1 atom stereocenters. The number of hydrogen-bond donors (Lipinski definition) is 2. The zero-order chi connectivity index (χ0) is 18.7. The summed E-state index contributed by atoms with van der Waals surface area (Å²) in [7, 11) is 1.59. The fraction of sp³-hybridized carbons (Fsp3) is 0.350. The van der Waals surface area contributed by atoms with Crippen LogP contribution in [0.15, 0.2) is 36.4 Å². The van der Waals surface area contributed by atoms with Gasteiger partial charge in [0.25, 0.3) is 5.91 Å². The van der Waals surface area contributed by atoms with Crippen LogP contribution in [0.4, 0.5) is 17.1 Å². The van der Waals surface area contributed by atoms with Gasteiger partial charge in [-0.05, 0) is 62.6 Å². The lowest BCUT2D eigenvalue weighted by Gasteiger charge is -2.36. The maximum absolute atomic E-state index is 12.5. The molecule has 1 heterocycles. The third kappa shape index (κ3) is 3.88. The Bertz CT molecular complexity index is 792. The van der Waals surface area contributed by atoms with Crippen LogP contribution in [0.2, 0.25) is 5.02 Å². The summed E-state index contributed by atoms with van der Waals surface area (Å²) in [5.74, 6) is 0.477. The predicted octanol–water partition coefficient (Wildman–Crippen LogP) is 4.56. The van der Waals surface area contributed by atoms with Gasteiger partial charge in [0.1, 0.15) is 5.75 Å². The van der Waals surface area contributed by atoms with Crippen molar-refractivity contribution in [3.8, 4) is 5.75 Å². The van der Waals surface area contributed by atoms with Gasteiger partial charge in [-0.3, -0.25) is 4.79 Å². The highest BCUT2D eigenvalue weighted by Crippen LogP contribution is 2.36. The Balaban J connectivity index is 1.84. The molecule has 1 amide bonds. The molecule has 0 radical (unpaired) electrons. The van der Waals surface area contributed by atoms with Crippen molar-refractivity contribution >= 4 is 34.6 Å². The molecule has 3 rings (SSSR count). The zero-order valence-corrected chi connectivity index (χ0v) is 15.8. The Morgan fingerprint density at radius 2 is 2.00 bits per heavy atom. The van der Waals surface area contributed by atoms with Gasteiger partial charge in [0.15, 0.2) is 0 Å². The number of piperidine rings is 1. The molecule has 138 valence electrons. The molecular formula is C20H24ClN3O2. The molecule has 0 saturated carbocycles. The molecule has 0 aliphatic carbocycles. The first-order valence-corrected chi connectivity index (χ1v) is 9.18. The summed E-state index contributed by atoms with van der Waals surface area (Å²) in [4.78, 5) is 14.8. The number of nitrogens with zero attached hydrogens (tertiary/aromatic N) is 1. The van der Waals surface area contributed by atoms with Gasteiger partial charge in [0.05, 0.1) is 29.2 Å². The van der Waals surface area contributed by atoms with E-state index < -0.39 is 0 Å². The summed E-state index contributed by atoms with van der Waals surface area (Å²) in [6.45, 7) is 3.15. The summed E-state index contributed by atoms with van der Waals surface area (Å²) in [6.07, 6.45) is 3.50. The number of carbonyl (C=O) groups excluding carboxylic acids is 1. The average molecular weight is 374 g/mol. The molecule has 3 N–H and O–H groups in total. The molecule has 0 bridgehead atoms. The first-order valence-electron chi connectivity index (χ1n) is 8.80. The second-order valence-electron chi connectivity index (χ2n) is 6.61. The summed E-state index contributed by atoms with van der Waals surface area (Å²) in [5.41, 5.74) is 8.86. The number of halogens is 1. The lowest BCUT2D eigenvalue weighted by atomic mass is 10.0. The van der Waals surface area contributed by atoms with Gasteiger partial charge in [-0.25, -0.2) is 0 Å². The maximum Gasteiger partial charge on any atom is 0.255 e. The van der Waals surface area contributed by atoms with E-state index in [0.717, 1.165) is 25.1 Å². The number of amides is 1. The third-order valence-electron chi connectivity index (χ3n) is 4.83. The normalized spacial score (nSPS) is 17.0. The van der Waals surface area contributed by atoms with Gasteiger partial charge in [-0.1, -0.05) is 11.6 Å². The molecule has 1 aliphatic heterocycles. The zero-order valence-electron chi connectivity index (χ0n) is 15.1. The van der Waals surface area contributed by atoms with E-state index in [1.165, 1.54) is 6.42 Å². The van der Waals surface area contributed by atoms with Crippen LogP contribution in [0.5, 0.6) is 5.75 Å². The molecule has 1 fully saturated rings. The van der Waals surface area contributed by atoms with Crippen molar-refractivity contribution in [2.45, 2.75) is 32.2 Å². The number of nitrogen functional groups attached to an aromatic ring is 1. The minimum atomic E-state index is -0.225. The highest BCUT2D eigenvalue weighted by atomic mass is 35.5. The topological polar surface area (TPSA) is 67.6 Å². The molecule has 2 aromatic carbocycles. The van der Waals surface area contributed by atoms with Crippen LogP contribution < -0.4 is 20.7 Å². The lowest BCUT2D eigenvalue weighted by molar-refractivity contribution is 0.102. The van der Waals surface area contributed by atoms with E-state index in [0.29, 0.717) is 33.8 Å². The summed E-state index contributed by atoms with van der Waals surface area (Å²) >= 11 is 6.32. The first kappa shape index (κ1) is 18.4. The quantitative estimate of drug-likeness (QED) is 0.771. The summed E-state index contributed by atoms with van der Waals surface area (Å²) < 4.78 is 5.12. The van der Waals surface area contributed by atoms with Gasteiger partial charge >= 0.3 is 0 Å². The molecular weight excluding hydrogens is 350 g/mol. The molecule has 5 nitrogen and oxygen atoms in total. The van der Waals surface area contributed by atoms with E-state index in [9.17, 15) is 4.79 Å². The standard InChI is InChI=1S/C20H24ClN3O2/c1-13-5-3-4-10-24(13)19-12-18(16(21)11-17(19)22)23-20(25)14-6-8-15(26-2)9-7-14/h6-9,11-13H,3-5,10,22H2,1-2H3,(H,23,25)/t13-/m1/s1. The van der Waals surface area contributed by atoms with Crippen LogP contribution >= 0.6 is 11.6 Å². The molecule has 1 aliphatic rings. The van der Waals surface area contributed by atoms with E-state index in [4.69, 9.17) is 22.1 Å². The first-order chi connectivity index (χ1) is 12.5. The second-order valence-corrected chi connectivity index (χ2v) is 7.02. The molecule has 0 unspecified atom stereocenters. The Morgan fingerprint density at radius 1 is 1.27 bits per heavy atom. The van der Waals surface area contributed by atoms with Gasteiger partial charge in [-0.15, -0.1) is 0 Å². The lowest BCUT2D eigenvalue weighted by Crippen LogP contribution is -2.37. The molecule has 26 heavy (non-hydrogen) atoms. The fourth-order valence-electron chi connectivity index (χ4n) is 3.31.